The van der Waals surface area contributed by atoms with Crippen molar-refractivity contribution in [2.24, 2.45) is 5.92 Å². The number of halogens is 1. The van der Waals surface area contributed by atoms with Gasteiger partial charge in [-0.1, -0.05) is 74.0 Å². The molecule has 1 N–H and O–H groups in total. The quantitative estimate of drug-likeness (QED) is 0.640. The second kappa shape index (κ2) is 5.72. The van der Waals surface area contributed by atoms with E-state index in [9.17, 15) is 0 Å². The van der Waals surface area contributed by atoms with E-state index in [1.807, 2.05) is 12.1 Å². The molecule has 0 fully saturated rings. The molecule has 2 aromatic rings. The Hall–Kier alpha value is -1.73. The summed E-state index contributed by atoms with van der Waals surface area (Å²) < 4.78 is 0. The van der Waals surface area contributed by atoms with E-state index in [1.165, 1.54) is 22.4 Å². The van der Waals surface area contributed by atoms with Gasteiger partial charge in [0, 0.05) is 16.6 Å². The van der Waals surface area contributed by atoms with Crippen LogP contribution in [0.5, 0.6) is 0 Å². The van der Waals surface area contributed by atoms with Crippen LogP contribution < -0.4 is 5.32 Å². The third-order valence-electron chi connectivity index (χ3n) is 5.29. The minimum atomic E-state index is 0.274. The molecule has 0 saturated carbocycles. The van der Waals surface area contributed by atoms with Crippen LogP contribution in [0.15, 0.2) is 54.6 Å². The van der Waals surface area contributed by atoms with Crippen molar-refractivity contribution in [1.82, 2.24) is 0 Å². The molecule has 2 aromatic carbocycles. The molecule has 0 saturated heterocycles. The third-order valence-corrected chi connectivity index (χ3v) is 5.64. The second-order valence-corrected chi connectivity index (χ2v) is 7.37. The number of hydrogen-bond acceptors (Lipinski definition) is 1. The van der Waals surface area contributed by atoms with Crippen molar-refractivity contribution >= 4 is 17.3 Å². The number of rotatable bonds is 2. The smallest absolute Gasteiger partial charge is 0.0568 e. The van der Waals surface area contributed by atoms with Gasteiger partial charge in [-0.05, 0) is 41.0 Å². The minimum Gasteiger partial charge on any atom is -0.377 e. The molecule has 0 unspecified atom stereocenters. The maximum Gasteiger partial charge on any atom is 0.0568 e. The SMILES string of the molecule is CC(C)c1cccc2c1N[C@H](c1ccccc1Cl)[C@@H]1CC=C[C@@H]21. The highest BCUT2D eigenvalue weighted by atomic mass is 35.5. The van der Waals surface area contributed by atoms with E-state index in [2.05, 4.69) is 61.6 Å². The van der Waals surface area contributed by atoms with Crippen LogP contribution in [0.2, 0.25) is 5.02 Å². The first-order chi connectivity index (χ1) is 11.2. The van der Waals surface area contributed by atoms with Gasteiger partial charge in [0.2, 0.25) is 0 Å². The molecule has 1 heterocycles. The van der Waals surface area contributed by atoms with Gasteiger partial charge in [0.1, 0.15) is 0 Å². The molecule has 23 heavy (non-hydrogen) atoms. The molecule has 0 bridgehead atoms. The average Bonchev–Trinajstić information content (AvgIpc) is 3.04. The van der Waals surface area contributed by atoms with Gasteiger partial charge in [0.05, 0.1) is 6.04 Å². The Morgan fingerprint density at radius 3 is 2.61 bits per heavy atom. The maximum absolute atomic E-state index is 6.52. The molecule has 4 rings (SSSR count). The van der Waals surface area contributed by atoms with Crippen LogP contribution in [-0.2, 0) is 0 Å². The standard InChI is InChI=1S/C21H22ClN/c1-13(2)14-8-5-10-16-15-9-6-11-17(15)21(23-20(14)16)18-7-3-4-12-19(18)22/h3-10,12-13,15,17,21,23H,11H2,1-2H3/t15-,17+,21-/m0/s1. The van der Waals surface area contributed by atoms with E-state index in [4.69, 9.17) is 11.6 Å². The number of fused-ring (bicyclic) bond motifs is 3. The summed E-state index contributed by atoms with van der Waals surface area (Å²) in [6, 6.07) is 15.3. The van der Waals surface area contributed by atoms with Gasteiger partial charge in [0.25, 0.3) is 0 Å². The number of anilines is 1. The minimum absolute atomic E-state index is 0.274. The van der Waals surface area contributed by atoms with E-state index in [0.29, 0.717) is 17.8 Å². The second-order valence-electron chi connectivity index (χ2n) is 6.96. The Morgan fingerprint density at radius 1 is 1.04 bits per heavy atom. The summed E-state index contributed by atoms with van der Waals surface area (Å²) in [6.45, 7) is 4.52. The largest absolute Gasteiger partial charge is 0.377 e. The highest BCUT2D eigenvalue weighted by molar-refractivity contribution is 6.31. The lowest BCUT2D eigenvalue weighted by Crippen LogP contribution is -2.30. The summed E-state index contributed by atoms with van der Waals surface area (Å²) in [6.07, 6.45) is 5.83. The highest BCUT2D eigenvalue weighted by Crippen LogP contribution is 2.52. The van der Waals surface area contributed by atoms with Crippen molar-refractivity contribution in [3.8, 4) is 0 Å². The van der Waals surface area contributed by atoms with Crippen molar-refractivity contribution in [2.75, 3.05) is 5.32 Å². The van der Waals surface area contributed by atoms with Crippen LogP contribution in [0.3, 0.4) is 0 Å². The van der Waals surface area contributed by atoms with E-state index in [0.717, 1.165) is 11.4 Å². The monoisotopic (exact) mass is 323 g/mol. The fourth-order valence-electron chi connectivity index (χ4n) is 4.16. The zero-order chi connectivity index (χ0) is 16.0. The van der Waals surface area contributed by atoms with Crippen molar-refractivity contribution in [3.05, 3.63) is 76.3 Å². The highest BCUT2D eigenvalue weighted by Gasteiger charge is 2.39. The third kappa shape index (κ3) is 2.38. The first-order valence-electron chi connectivity index (χ1n) is 8.47. The summed E-state index contributed by atoms with van der Waals surface area (Å²) in [5, 5.41) is 4.71. The molecule has 1 aliphatic heterocycles. The van der Waals surface area contributed by atoms with Crippen LogP contribution in [0.4, 0.5) is 5.69 Å². The van der Waals surface area contributed by atoms with Gasteiger partial charge in [-0.15, -0.1) is 0 Å². The summed E-state index contributed by atoms with van der Waals surface area (Å²) >= 11 is 6.52. The summed E-state index contributed by atoms with van der Waals surface area (Å²) in [5.41, 5.74) is 5.38. The fourth-order valence-corrected chi connectivity index (χ4v) is 4.42. The number of hydrogen-bond donors (Lipinski definition) is 1. The normalized spacial score (nSPS) is 25.1. The first kappa shape index (κ1) is 14.8. The van der Waals surface area contributed by atoms with Crippen molar-refractivity contribution in [3.63, 3.8) is 0 Å². The van der Waals surface area contributed by atoms with E-state index < -0.39 is 0 Å². The predicted molar refractivity (Wildman–Crippen MR) is 98.3 cm³/mol. The Balaban J connectivity index is 1.86. The van der Waals surface area contributed by atoms with Crippen LogP contribution in [0.25, 0.3) is 0 Å². The van der Waals surface area contributed by atoms with Crippen LogP contribution in [-0.4, -0.2) is 0 Å². The van der Waals surface area contributed by atoms with E-state index in [1.54, 1.807) is 0 Å². The van der Waals surface area contributed by atoms with Crippen molar-refractivity contribution in [2.45, 2.75) is 38.1 Å². The van der Waals surface area contributed by atoms with Crippen LogP contribution >= 0.6 is 11.6 Å². The lowest BCUT2D eigenvalue weighted by atomic mass is 9.75. The van der Waals surface area contributed by atoms with Gasteiger partial charge < -0.3 is 5.32 Å². The number of allylic oxidation sites excluding steroid dienone is 2. The lowest BCUT2D eigenvalue weighted by Gasteiger charge is -2.39. The van der Waals surface area contributed by atoms with Crippen LogP contribution in [0.1, 0.15) is 54.8 Å². The molecule has 1 nitrogen and oxygen atoms in total. The molecule has 3 atom stereocenters. The van der Waals surface area contributed by atoms with Crippen LogP contribution in [0, 0.1) is 5.92 Å². The van der Waals surface area contributed by atoms with Gasteiger partial charge in [-0.3, -0.25) is 0 Å². The molecule has 1 aliphatic carbocycles. The van der Waals surface area contributed by atoms with Gasteiger partial charge in [-0.25, -0.2) is 0 Å². The molecule has 0 radical (unpaired) electrons. The molecular formula is C21H22ClN. The fraction of sp³-hybridized carbons (Fsp3) is 0.333. The summed E-state index contributed by atoms with van der Waals surface area (Å²) in [7, 11) is 0. The zero-order valence-corrected chi connectivity index (χ0v) is 14.3. The molecular weight excluding hydrogens is 302 g/mol. The number of nitrogens with one attached hydrogen (secondary N) is 1. The Bertz CT molecular complexity index is 762. The lowest BCUT2D eigenvalue weighted by molar-refractivity contribution is 0.424. The topological polar surface area (TPSA) is 12.0 Å². The molecule has 0 amide bonds. The Morgan fingerprint density at radius 2 is 1.83 bits per heavy atom. The number of benzene rings is 2. The van der Waals surface area contributed by atoms with E-state index in [-0.39, 0.29) is 6.04 Å². The summed E-state index contributed by atoms with van der Waals surface area (Å²) in [4.78, 5) is 0. The first-order valence-corrected chi connectivity index (χ1v) is 8.85. The zero-order valence-electron chi connectivity index (χ0n) is 13.6. The number of para-hydroxylation sites is 1. The maximum atomic E-state index is 6.52. The Labute approximate surface area is 143 Å². The van der Waals surface area contributed by atoms with Gasteiger partial charge in [-0.2, -0.15) is 0 Å². The average molecular weight is 324 g/mol. The van der Waals surface area contributed by atoms with Gasteiger partial charge >= 0.3 is 0 Å². The molecule has 118 valence electrons. The summed E-state index contributed by atoms with van der Waals surface area (Å²) in [5.74, 6) is 1.54. The van der Waals surface area contributed by atoms with E-state index >= 15 is 0 Å². The van der Waals surface area contributed by atoms with Crippen molar-refractivity contribution < 1.29 is 0 Å². The molecule has 2 aliphatic rings. The molecule has 0 aromatic heterocycles. The Kier molecular flexibility index (Phi) is 3.69. The molecule has 2 heteroatoms. The van der Waals surface area contributed by atoms with Crippen molar-refractivity contribution in [1.29, 1.82) is 0 Å². The molecule has 0 spiro atoms. The van der Waals surface area contributed by atoms with Gasteiger partial charge in [0.15, 0.2) is 0 Å². The predicted octanol–water partition coefficient (Wildman–Crippen LogP) is 6.29.